The predicted molar refractivity (Wildman–Crippen MR) is 30.9 cm³/mol. The quantitative estimate of drug-likeness (QED) is 0.583. The fraction of sp³-hybridized carbons (Fsp3) is 1.00. The number of aliphatic hydroxyl groups is 1. The van der Waals surface area contributed by atoms with Gasteiger partial charge in [0.15, 0.2) is 0 Å². The molecule has 0 aliphatic carbocycles. The van der Waals surface area contributed by atoms with E-state index < -0.39 is 20.6 Å². The third-order valence-corrected chi connectivity index (χ3v) is 1.54. The number of aliphatic hydroxyl groups excluding tert-OH is 1. The molecule has 0 saturated heterocycles. The van der Waals surface area contributed by atoms with Crippen molar-refractivity contribution in [2.75, 3.05) is 6.61 Å². The fourth-order valence-electron chi connectivity index (χ4n) is 0.255. The third-order valence-electron chi connectivity index (χ3n) is 0.832. The molecule has 0 amide bonds. The topological polar surface area (TPSA) is 66.8 Å². The molecule has 0 spiro atoms. The van der Waals surface area contributed by atoms with Crippen molar-refractivity contribution < 1.29 is 16.9 Å². The molecule has 2 N–H and O–H groups in total. The molecule has 0 aromatic rings. The zero-order valence-electron chi connectivity index (χ0n) is 5.11. The van der Waals surface area contributed by atoms with E-state index in [2.05, 4.69) is 3.82 Å². The Morgan fingerprint density at radius 1 is 1.78 bits per heavy atom. The molecule has 0 aliphatic rings. The Morgan fingerprint density at radius 2 is 2.33 bits per heavy atom. The Kier molecular flexibility index (Phi) is 5.13. The first kappa shape index (κ1) is 9.20. The van der Waals surface area contributed by atoms with E-state index in [9.17, 15) is 3.83 Å². The van der Waals surface area contributed by atoms with Crippen molar-refractivity contribution in [2.24, 2.45) is 0 Å². The summed E-state index contributed by atoms with van der Waals surface area (Å²) in [5, 5.41) is 8.75. The summed E-state index contributed by atoms with van der Waals surface area (Å²) in [5.41, 5.74) is 0. The molecule has 0 aromatic carbocycles. The molecule has 0 saturated carbocycles. The van der Waals surface area contributed by atoms with Crippen LogP contribution < -0.4 is 0 Å². The molecule has 0 fully saturated rings. The van der Waals surface area contributed by atoms with Crippen molar-refractivity contribution in [3.63, 3.8) is 0 Å². The molecule has 0 heterocycles. The molecular formula is C4H10O4Se. The van der Waals surface area contributed by atoms with Gasteiger partial charge in [0.05, 0.1) is 0 Å². The van der Waals surface area contributed by atoms with Crippen LogP contribution in [0.3, 0.4) is 0 Å². The number of rotatable bonds is 4. The van der Waals surface area contributed by atoms with Crippen LogP contribution in [0.1, 0.15) is 13.3 Å². The molecular weight excluding hydrogens is 191 g/mol. The molecule has 56 valence electrons. The van der Waals surface area contributed by atoms with Crippen molar-refractivity contribution >= 4 is 14.5 Å². The third kappa shape index (κ3) is 6.08. The second kappa shape index (κ2) is 5.02. The van der Waals surface area contributed by atoms with Gasteiger partial charge in [-0.25, -0.2) is 0 Å². The number of hydrogen-bond donors (Lipinski definition) is 2. The van der Waals surface area contributed by atoms with Gasteiger partial charge in [-0.15, -0.1) is 0 Å². The van der Waals surface area contributed by atoms with Gasteiger partial charge in [-0.2, -0.15) is 0 Å². The molecule has 2 atom stereocenters. The maximum atomic E-state index is 9.89. The standard InChI is InChI=1S/C4H10O4Se/c1-2-4(5)3-8-9(6)7/h4-5H,2-3H2,1H3,(H,6,7). The predicted octanol–water partition coefficient (Wildman–Crippen LogP) is -0.818. The van der Waals surface area contributed by atoms with E-state index in [4.69, 9.17) is 9.30 Å². The molecule has 4 nitrogen and oxygen atoms in total. The Balaban J connectivity index is 3.16. The second-order valence-corrected chi connectivity index (χ2v) is 2.97. The summed E-state index contributed by atoms with van der Waals surface area (Å²) < 4.78 is 22.3. The van der Waals surface area contributed by atoms with Gasteiger partial charge in [-0.1, -0.05) is 0 Å². The van der Waals surface area contributed by atoms with Gasteiger partial charge in [0, 0.05) is 0 Å². The fourth-order valence-corrected chi connectivity index (χ4v) is 0.828. The van der Waals surface area contributed by atoms with E-state index in [0.717, 1.165) is 0 Å². The van der Waals surface area contributed by atoms with Crippen LogP contribution in [0.4, 0.5) is 0 Å². The van der Waals surface area contributed by atoms with E-state index in [1.807, 2.05) is 0 Å². The first-order valence-electron chi connectivity index (χ1n) is 2.59. The molecule has 0 aromatic heterocycles. The molecule has 0 radical (unpaired) electrons. The van der Waals surface area contributed by atoms with Crippen LogP contribution in [0.5, 0.6) is 0 Å². The second-order valence-electron chi connectivity index (χ2n) is 1.56. The van der Waals surface area contributed by atoms with E-state index in [1.54, 1.807) is 6.92 Å². The van der Waals surface area contributed by atoms with Gasteiger partial charge < -0.3 is 0 Å². The molecule has 2 unspecified atom stereocenters. The summed E-state index contributed by atoms with van der Waals surface area (Å²) in [6, 6.07) is 0. The summed E-state index contributed by atoms with van der Waals surface area (Å²) >= 11 is -3.04. The Bertz CT molecular complexity index is 94.6. The van der Waals surface area contributed by atoms with Crippen LogP contribution in [0.25, 0.3) is 0 Å². The monoisotopic (exact) mass is 202 g/mol. The summed E-state index contributed by atoms with van der Waals surface area (Å²) in [4.78, 5) is 0. The molecule has 5 heteroatoms. The Morgan fingerprint density at radius 3 is 2.67 bits per heavy atom. The van der Waals surface area contributed by atoms with Crippen LogP contribution in [-0.4, -0.2) is 36.5 Å². The summed E-state index contributed by atoms with van der Waals surface area (Å²) in [5.74, 6) is 0. The zero-order valence-corrected chi connectivity index (χ0v) is 6.82. The summed E-state index contributed by atoms with van der Waals surface area (Å²) in [6.45, 7) is 1.73. The van der Waals surface area contributed by atoms with E-state index >= 15 is 0 Å². The Labute approximate surface area is 58.2 Å². The summed E-state index contributed by atoms with van der Waals surface area (Å²) in [6.07, 6.45) is -0.0730. The number of hydrogen-bond acceptors (Lipinski definition) is 3. The summed E-state index contributed by atoms with van der Waals surface area (Å²) in [7, 11) is 0. The van der Waals surface area contributed by atoms with Crippen molar-refractivity contribution in [1.29, 1.82) is 0 Å². The molecule has 9 heavy (non-hydrogen) atoms. The zero-order chi connectivity index (χ0) is 7.28. The molecule has 0 rings (SSSR count). The maximum absolute atomic E-state index is 9.89. The van der Waals surface area contributed by atoms with Crippen molar-refractivity contribution in [1.82, 2.24) is 0 Å². The van der Waals surface area contributed by atoms with Gasteiger partial charge >= 0.3 is 57.5 Å². The van der Waals surface area contributed by atoms with Gasteiger partial charge in [-0.05, 0) is 0 Å². The van der Waals surface area contributed by atoms with Crippen LogP contribution in [0.2, 0.25) is 0 Å². The molecule has 0 aliphatic heterocycles. The van der Waals surface area contributed by atoms with Crippen LogP contribution in [0.15, 0.2) is 0 Å². The van der Waals surface area contributed by atoms with Crippen molar-refractivity contribution in [3.05, 3.63) is 0 Å². The van der Waals surface area contributed by atoms with E-state index in [-0.39, 0.29) is 6.61 Å². The minimum atomic E-state index is -3.04. The first-order chi connectivity index (χ1) is 4.16. The van der Waals surface area contributed by atoms with Crippen molar-refractivity contribution in [2.45, 2.75) is 19.4 Å². The SMILES string of the molecule is CCC(O)CO[Se](=O)O. The van der Waals surface area contributed by atoms with Gasteiger partial charge in [-0.3, -0.25) is 0 Å². The van der Waals surface area contributed by atoms with Crippen LogP contribution in [-0.2, 0) is 7.65 Å². The average molecular weight is 201 g/mol. The normalized spacial score (nSPS) is 17.2. The first-order valence-corrected chi connectivity index (χ1v) is 4.75. The average Bonchev–Trinajstić information content (AvgIpc) is 1.83. The van der Waals surface area contributed by atoms with Gasteiger partial charge in [0.1, 0.15) is 0 Å². The van der Waals surface area contributed by atoms with Crippen LogP contribution >= 0.6 is 0 Å². The van der Waals surface area contributed by atoms with Gasteiger partial charge in [0.2, 0.25) is 0 Å². The minimum absolute atomic E-state index is 0.0405. The van der Waals surface area contributed by atoms with E-state index in [1.165, 1.54) is 0 Å². The van der Waals surface area contributed by atoms with Crippen molar-refractivity contribution in [3.8, 4) is 0 Å². The Hall–Kier alpha value is 0.199. The molecule has 0 bridgehead atoms. The van der Waals surface area contributed by atoms with E-state index in [0.29, 0.717) is 6.42 Å². The van der Waals surface area contributed by atoms with Crippen LogP contribution in [0, 0.1) is 0 Å². The van der Waals surface area contributed by atoms with Gasteiger partial charge in [0.25, 0.3) is 0 Å².